The molecule has 2 aliphatic rings. The van der Waals surface area contributed by atoms with Crippen molar-refractivity contribution >= 4 is 23.7 Å². The van der Waals surface area contributed by atoms with Gasteiger partial charge in [0.25, 0.3) is 0 Å². The predicted octanol–water partition coefficient (Wildman–Crippen LogP) is 4.90. The van der Waals surface area contributed by atoms with Gasteiger partial charge in [-0.1, -0.05) is 12.1 Å². The molecule has 2 fully saturated rings. The number of aliphatic carboxylic acids is 2. The minimum Gasteiger partial charge on any atom is -0.475 e. The number of alkyl halides is 6. The Kier molecular flexibility index (Phi) is 11.1. The van der Waals surface area contributed by atoms with Gasteiger partial charge in [-0.2, -0.15) is 26.3 Å². The summed E-state index contributed by atoms with van der Waals surface area (Å²) in [6, 6.07) is 8.10. The minimum atomic E-state index is -5.08. The van der Waals surface area contributed by atoms with Gasteiger partial charge in [0.15, 0.2) is 11.6 Å². The van der Waals surface area contributed by atoms with Crippen LogP contribution in [0, 0.1) is 11.6 Å². The zero-order chi connectivity index (χ0) is 29.4. The van der Waals surface area contributed by atoms with E-state index in [2.05, 4.69) is 9.88 Å². The zero-order valence-corrected chi connectivity index (χ0v) is 20.6. The Bertz CT molecular complexity index is 1090. The fourth-order valence-electron chi connectivity index (χ4n) is 3.60. The number of carboxylic acid groups (broad SMARTS) is 2. The molecule has 0 bridgehead atoms. The maximum atomic E-state index is 13.3. The van der Waals surface area contributed by atoms with Crippen molar-refractivity contribution in [2.45, 2.75) is 42.8 Å². The molecule has 7 nitrogen and oxygen atoms in total. The van der Waals surface area contributed by atoms with Crippen LogP contribution in [0.4, 0.5) is 35.1 Å². The summed E-state index contributed by atoms with van der Waals surface area (Å²) >= 11 is 1.98. The number of aromatic nitrogens is 1. The van der Waals surface area contributed by atoms with E-state index < -0.39 is 35.9 Å². The Labute approximate surface area is 220 Å². The third-order valence-corrected chi connectivity index (χ3v) is 6.86. The summed E-state index contributed by atoms with van der Waals surface area (Å²) in [6.07, 6.45) is -5.24. The first-order valence-electron chi connectivity index (χ1n) is 10.9. The molecule has 1 atom stereocenters. The lowest BCUT2D eigenvalue weighted by atomic mass is 9.92. The van der Waals surface area contributed by atoms with Crippen molar-refractivity contribution in [3.63, 3.8) is 0 Å². The highest BCUT2D eigenvalue weighted by Gasteiger charge is 2.49. The number of ether oxygens (including phenoxy) is 1. The van der Waals surface area contributed by atoms with Crippen LogP contribution in [0.15, 0.2) is 42.7 Å². The molecule has 216 valence electrons. The molecule has 1 aromatic heterocycles. The maximum Gasteiger partial charge on any atom is 0.490 e. The van der Waals surface area contributed by atoms with Crippen molar-refractivity contribution in [2.75, 3.05) is 18.8 Å². The predicted molar refractivity (Wildman–Crippen MR) is 122 cm³/mol. The molecule has 0 saturated carbocycles. The summed E-state index contributed by atoms with van der Waals surface area (Å²) in [6.45, 7) is 3.22. The number of pyridine rings is 1. The third kappa shape index (κ3) is 10.6. The smallest absolute Gasteiger partial charge is 0.475 e. The molecule has 0 aliphatic carbocycles. The van der Waals surface area contributed by atoms with Crippen molar-refractivity contribution < 1.29 is 59.7 Å². The Hall–Kier alpha value is -2.98. The maximum absolute atomic E-state index is 13.3. The van der Waals surface area contributed by atoms with Gasteiger partial charge in [-0.15, -0.1) is 11.8 Å². The van der Waals surface area contributed by atoms with E-state index in [0.717, 1.165) is 36.4 Å². The van der Waals surface area contributed by atoms with Crippen molar-refractivity contribution in [3.05, 3.63) is 65.5 Å². The fourth-order valence-corrected chi connectivity index (χ4v) is 5.21. The molecule has 0 amide bonds. The standard InChI is InChI=1S/C19H20F2N2OS.2C2HF3O2/c20-17-4-3-14(6-18(17)21)9-23-12-19(13-23)7-16(11-25-19)24-10-15-2-1-5-22-8-15;2*3-2(4,5)1(6)7/h1-6,8,16H,7,9-13H2;2*(H,6,7). The number of likely N-dealkylation sites (tertiary alicyclic amines) is 1. The van der Waals surface area contributed by atoms with Gasteiger partial charge < -0.3 is 14.9 Å². The van der Waals surface area contributed by atoms with Crippen LogP contribution in [0.5, 0.6) is 0 Å². The average molecular weight is 590 g/mol. The fraction of sp³-hybridized carbons (Fsp3) is 0.435. The SMILES string of the molecule is Fc1ccc(CN2CC3(CC(OCc4cccnc4)CS3)C2)cc1F.O=C(O)C(F)(F)F.O=C(O)C(F)(F)F. The molecular formula is C23H22F8N2O5S. The van der Waals surface area contributed by atoms with Crippen LogP contribution in [0.1, 0.15) is 17.5 Å². The number of halogens is 8. The van der Waals surface area contributed by atoms with Crippen LogP contribution >= 0.6 is 11.8 Å². The molecule has 3 heterocycles. The van der Waals surface area contributed by atoms with Gasteiger partial charge in [0, 0.05) is 42.5 Å². The van der Waals surface area contributed by atoms with Gasteiger partial charge in [0.2, 0.25) is 0 Å². The Balaban J connectivity index is 0.000000317. The lowest BCUT2D eigenvalue weighted by molar-refractivity contribution is -0.193. The van der Waals surface area contributed by atoms with Gasteiger partial charge >= 0.3 is 24.3 Å². The third-order valence-electron chi connectivity index (χ3n) is 5.28. The summed E-state index contributed by atoms with van der Waals surface area (Å²) in [7, 11) is 0. The Morgan fingerprint density at radius 2 is 1.59 bits per heavy atom. The summed E-state index contributed by atoms with van der Waals surface area (Å²) in [5.41, 5.74) is 1.92. The topological polar surface area (TPSA) is 100.0 Å². The number of carboxylic acids is 2. The average Bonchev–Trinajstić information content (AvgIpc) is 3.25. The van der Waals surface area contributed by atoms with E-state index in [1.165, 1.54) is 12.1 Å². The quantitative estimate of drug-likeness (QED) is 0.475. The molecule has 1 aromatic carbocycles. The van der Waals surface area contributed by atoms with Crippen LogP contribution in [0.3, 0.4) is 0 Å². The number of hydrogen-bond donors (Lipinski definition) is 2. The zero-order valence-electron chi connectivity index (χ0n) is 19.8. The lowest BCUT2D eigenvalue weighted by Crippen LogP contribution is -2.58. The van der Waals surface area contributed by atoms with E-state index in [4.69, 9.17) is 24.5 Å². The first-order valence-corrected chi connectivity index (χ1v) is 11.9. The largest absolute Gasteiger partial charge is 0.490 e. The number of thioether (sulfide) groups is 1. The number of rotatable bonds is 5. The van der Waals surface area contributed by atoms with Crippen molar-refractivity contribution in [2.24, 2.45) is 0 Å². The second-order valence-electron chi connectivity index (χ2n) is 8.49. The Morgan fingerprint density at radius 1 is 1.00 bits per heavy atom. The molecule has 16 heteroatoms. The van der Waals surface area contributed by atoms with Gasteiger partial charge in [-0.25, -0.2) is 18.4 Å². The normalized spacial score (nSPS) is 18.3. The number of hydrogen-bond acceptors (Lipinski definition) is 6. The molecule has 2 aromatic rings. The highest BCUT2D eigenvalue weighted by Crippen LogP contribution is 2.46. The molecule has 1 spiro atoms. The van der Waals surface area contributed by atoms with Crippen molar-refractivity contribution in [1.29, 1.82) is 0 Å². The van der Waals surface area contributed by atoms with Crippen molar-refractivity contribution in [3.8, 4) is 0 Å². The highest BCUT2D eigenvalue weighted by atomic mass is 32.2. The van der Waals surface area contributed by atoms with E-state index in [1.807, 2.05) is 30.1 Å². The van der Waals surface area contributed by atoms with Gasteiger partial charge in [0.1, 0.15) is 0 Å². The molecule has 1 unspecified atom stereocenters. The van der Waals surface area contributed by atoms with Crippen LogP contribution in [-0.4, -0.2) is 74.1 Å². The molecule has 2 saturated heterocycles. The van der Waals surface area contributed by atoms with E-state index in [0.29, 0.717) is 13.2 Å². The van der Waals surface area contributed by atoms with Crippen LogP contribution < -0.4 is 0 Å². The lowest BCUT2D eigenvalue weighted by Gasteiger charge is -2.47. The van der Waals surface area contributed by atoms with Gasteiger partial charge in [-0.05, 0) is 35.7 Å². The molecule has 2 aliphatic heterocycles. The summed E-state index contributed by atoms with van der Waals surface area (Å²) in [4.78, 5) is 24.2. The molecular weight excluding hydrogens is 568 g/mol. The summed E-state index contributed by atoms with van der Waals surface area (Å²) in [5.74, 6) is -6.06. The molecule has 39 heavy (non-hydrogen) atoms. The van der Waals surface area contributed by atoms with E-state index in [-0.39, 0.29) is 10.9 Å². The molecule has 0 radical (unpaired) electrons. The van der Waals surface area contributed by atoms with Gasteiger partial charge in [-0.3, -0.25) is 9.88 Å². The van der Waals surface area contributed by atoms with E-state index in [9.17, 15) is 35.1 Å². The number of benzene rings is 1. The highest BCUT2D eigenvalue weighted by molar-refractivity contribution is 8.01. The van der Waals surface area contributed by atoms with Crippen LogP contribution in [0.2, 0.25) is 0 Å². The van der Waals surface area contributed by atoms with E-state index >= 15 is 0 Å². The number of carbonyl (C=O) groups is 2. The first-order chi connectivity index (χ1) is 18.0. The number of nitrogens with zero attached hydrogens (tertiary/aromatic N) is 2. The van der Waals surface area contributed by atoms with Crippen molar-refractivity contribution in [1.82, 2.24) is 9.88 Å². The molecule has 4 rings (SSSR count). The second kappa shape index (κ2) is 13.4. The van der Waals surface area contributed by atoms with Crippen LogP contribution in [-0.2, 0) is 27.5 Å². The second-order valence-corrected chi connectivity index (χ2v) is 9.98. The first kappa shape index (κ1) is 32.2. The molecule has 2 N–H and O–H groups in total. The minimum absolute atomic E-state index is 0.262. The van der Waals surface area contributed by atoms with Crippen LogP contribution in [0.25, 0.3) is 0 Å². The van der Waals surface area contributed by atoms with E-state index in [1.54, 1.807) is 12.3 Å². The summed E-state index contributed by atoms with van der Waals surface area (Å²) in [5, 5.41) is 14.2. The Morgan fingerprint density at radius 3 is 2.08 bits per heavy atom. The van der Waals surface area contributed by atoms with Gasteiger partial charge in [0.05, 0.1) is 12.7 Å². The monoisotopic (exact) mass is 590 g/mol. The summed E-state index contributed by atoms with van der Waals surface area (Å²) < 4.78 is 96.1.